The SMILES string of the molecule is CCc1ccc(N(C)C(=O)c2cccnc2Br)cc1. The number of aromatic nitrogens is 1. The molecule has 2 rings (SSSR count). The van der Waals surface area contributed by atoms with Gasteiger partial charge in [-0.1, -0.05) is 19.1 Å². The third-order valence-corrected chi connectivity index (χ3v) is 3.66. The van der Waals surface area contributed by atoms with Crippen LogP contribution in [0.5, 0.6) is 0 Å². The van der Waals surface area contributed by atoms with E-state index in [4.69, 9.17) is 0 Å². The van der Waals surface area contributed by atoms with Crippen molar-refractivity contribution in [2.75, 3.05) is 11.9 Å². The van der Waals surface area contributed by atoms with Gasteiger partial charge in [-0.05, 0) is 52.2 Å². The van der Waals surface area contributed by atoms with E-state index in [1.54, 1.807) is 30.3 Å². The van der Waals surface area contributed by atoms with Gasteiger partial charge in [0, 0.05) is 18.9 Å². The fraction of sp³-hybridized carbons (Fsp3) is 0.200. The van der Waals surface area contributed by atoms with Gasteiger partial charge in [0.05, 0.1) is 5.56 Å². The quantitative estimate of drug-likeness (QED) is 0.809. The molecule has 0 spiro atoms. The summed E-state index contributed by atoms with van der Waals surface area (Å²) in [6.45, 7) is 2.11. The molecule has 0 aliphatic rings. The molecule has 1 heterocycles. The van der Waals surface area contributed by atoms with Crippen LogP contribution in [0.15, 0.2) is 47.2 Å². The Kier molecular flexibility index (Phi) is 4.32. The molecule has 1 aromatic carbocycles. The first-order valence-corrected chi connectivity index (χ1v) is 6.90. The Morgan fingerprint density at radius 1 is 1.26 bits per heavy atom. The Morgan fingerprint density at radius 2 is 1.95 bits per heavy atom. The van der Waals surface area contributed by atoms with Crippen molar-refractivity contribution in [2.45, 2.75) is 13.3 Å². The standard InChI is InChI=1S/C15H15BrN2O/c1-3-11-6-8-12(9-7-11)18(2)15(19)13-5-4-10-17-14(13)16/h4-10H,3H2,1-2H3. The van der Waals surface area contributed by atoms with Crippen LogP contribution in [0.1, 0.15) is 22.8 Å². The van der Waals surface area contributed by atoms with Crippen molar-refractivity contribution in [2.24, 2.45) is 0 Å². The van der Waals surface area contributed by atoms with Crippen molar-refractivity contribution < 1.29 is 4.79 Å². The van der Waals surface area contributed by atoms with Gasteiger partial charge in [-0.3, -0.25) is 4.79 Å². The first-order chi connectivity index (χ1) is 9.13. The number of anilines is 1. The van der Waals surface area contributed by atoms with Gasteiger partial charge in [0.15, 0.2) is 0 Å². The molecule has 0 atom stereocenters. The van der Waals surface area contributed by atoms with E-state index in [0.29, 0.717) is 10.2 Å². The molecule has 0 bridgehead atoms. The summed E-state index contributed by atoms with van der Waals surface area (Å²) in [6.07, 6.45) is 2.64. The summed E-state index contributed by atoms with van der Waals surface area (Å²) in [5, 5.41) is 0. The first kappa shape index (κ1) is 13.7. The number of aryl methyl sites for hydroxylation is 1. The molecular weight excluding hydrogens is 304 g/mol. The van der Waals surface area contributed by atoms with E-state index in [2.05, 4.69) is 27.8 Å². The summed E-state index contributed by atoms with van der Waals surface area (Å²) in [4.78, 5) is 18.1. The zero-order chi connectivity index (χ0) is 13.8. The summed E-state index contributed by atoms with van der Waals surface area (Å²) in [5.41, 5.74) is 2.69. The molecule has 0 radical (unpaired) electrons. The van der Waals surface area contributed by atoms with E-state index in [9.17, 15) is 4.79 Å². The summed E-state index contributed by atoms with van der Waals surface area (Å²) >= 11 is 3.30. The zero-order valence-electron chi connectivity index (χ0n) is 10.9. The van der Waals surface area contributed by atoms with Crippen LogP contribution >= 0.6 is 15.9 Å². The molecule has 3 nitrogen and oxygen atoms in total. The van der Waals surface area contributed by atoms with E-state index in [-0.39, 0.29) is 5.91 Å². The highest BCUT2D eigenvalue weighted by Crippen LogP contribution is 2.20. The Labute approximate surface area is 121 Å². The maximum absolute atomic E-state index is 12.4. The molecule has 0 saturated carbocycles. The van der Waals surface area contributed by atoms with Crippen LogP contribution in [0.25, 0.3) is 0 Å². The van der Waals surface area contributed by atoms with E-state index in [1.807, 2.05) is 24.3 Å². The molecule has 1 aromatic heterocycles. The lowest BCUT2D eigenvalue weighted by molar-refractivity contribution is 0.0992. The van der Waals surface area contributed by atoms with Gasteiger partial charge in [-0.25, -0.2) is 4.98 Å². The fourth-order valence-electron chi connectivity index (χ4n) is 1.80. The van der Waals surface area contributed by atoms with Crippen molar-refractivity contribution >= 4 is 27.5 Å². The van der Waals surface area contributed by atoms with Crippen LogP contribution in [0.4, 0.5) is 5.69 Å². The van der Waals surface area contributed by atoms with E-state index < -0.39 is 0 Å². The van der Waals surface area contributed by atoms with Crippen molar-refractivity contribution in [1.82, 2.24) is 4.98 Å². The predicted octanol–water partition coefficient (Wildman–Crippen LogP) is 3.68. The highest BCUT2D eigenvalue weighted by atomic mass is 79.9. The van der Waals surface area contributed by atoms with Gasteiger partial charge in [-0.2, -0.15) is 0 Å². The summed E-state index contributed by atoms with van der Waals surface area (Å²) in [6, 6.07) is 11.5. The molecule has 19 heavy (non-hydrogen) atoms. The van der Waals surface area contributed by atoms with Crippen molar-refractivity contribution in [3.63, 3.8) is 0 Å². The average molecular weight is 319 g/mol. The average Bonchev–Trinajstić information content (AvgIpc) is 2.46. The third kappa shape index (κ3) is 3.01. The molecule has 0 N–H and O–H groups in total. The topological polar surface area (TPSA) is 33.2 Å². The fourth-order valence-corrected chi connectivity index (χ4v) is 2.22. The molecule has 1 amide bonds. The molecule has 0 aliphatic carbocycles. The highest BCUT2D eigenvalue weighted by Gasteiger charge is 2.16. The molecule has 0 aliphatic heterocycles. The molecule has 2 aromatic rings. The molecule has 0 saturated heterocycles. The second-order valence-electron chi connectivity index (χ2n) is 4.23. The zero-order valence-corrected chi connectivity index (χ0v) is 12.5. The monoisotopic (exact) mass is 318 g/mol. The highest BCUT2D eigenvalue weighted by molar-refractivity contribution is 9.10. The molecule has 0 fully saturated rings. The van der Waals surface area contributed by atoms with Gasteiger partial charge in [0.1, 0.15) is 4.60 Å². The number of amides is 1. The lowest BCUT2D eigenvalue weighted by Gasteiger charge is -2.18. The van der Waals surface area contributed by atoms with Crippen molar-refractivity contribution in [1.29, 1.82) is 0 Å². The lowest BCUT2D eigenvalue weighted by atomic mass is 10.1. The first-order valence-electron chi connectivity index (χ1n) is 6.11. The van der Waals surface area contributed by atoms with Gasteiger partial charge in [0.25, 0.3) is 5.91 Å². The minimum atomic E-state index is -0.0794. The number of carbonyl (C=O) groups excluding carboxylic acids is 1. The maximum atomic E-state index is 12.4. The summed E-state index contributed by atoms with van der Waals surface area (Å²) < 4.78 is 0.567. The Balaban J connectivity index is 2.26. The minimum Gasteiger partial charge on any atom is -0.311 e. The summed E-state index contributed by atoms with van der Waals surface area (Å²) in [7, 11) is 1.77. The second-order valence-corrected chi connectivity index (χ2v) is 4.98. The van der Waals surface area contributed by atoms with Crippen LogP contribution in [-0.2, 0) is 6.42 Å². The predicted molar refractivity (Wildman–Crippen MR) is 80.5 cm³/mol. The second kappa shape index (κ2) is 5.97. The van der Waals surface area contributed by atoms with Crippen molar-refractivity contribution in [3.05, 3.63) is 58.3 Å². The van der Waals surface area contributed by atoms with Crippen LogP contribution in [-0.4, -0.2) is 17.9 Å². The van der Waals surface area contributed by atoms with Gasteiger partial charge in [0.2, 0.25) is 0 Å². The number of pyridine rings is 1. The number of hydrogen-bond acceptors (Lipinski definition) is 2. The smallest absolute Gasteiger partial charge is 0.260 e. The van der Waals surface area contributed by atoms with E-state index in [1.165, 1.54) is 5.56 Å². The normalized spacial score (nSPS) is 10.3. The number of hydrogen-bond donors (Lipinski definition) is 0. The molecular formula is C15H15BrN2O. The number of carbonyl (C=O) groups is 1. The number of benzene rings is 1. The van der Waals surface area contributed by atoms with Gasteiger partial charge >= 0.3 is 0 Å². The van der Waals surface area contributed by atoms with Crippen LogP contribution in [0, 0.1) is 0 Å². The largest absolute Gasteiger partial charge is 0.311 e. The van der Waals surface area contributed by atoms with Gasteiger partial charge in [-0.15, -0.1) is 0 Å². The number of rotatable bonds is 3. The Hall–Kier alpha value is -1.68. The van der Waals surface area contributed by atoms with Crippen LogP contribution in [0.3, 0.4) is 0 Å². The maximum Gasteiger partial charge on any atom is 0.260 e. The van der Waals surface area contributed by atoms with Gasteiger partial charge < -0.3 is 4.90 Å². The van der Waals surface area contributed by atoms with E-state index >= 15 is 0 Å². The molecule has 98 valence electrons. The molecule has 0 unspecified atom stereocenters. The third-order valence-electron chi connectivity index (χ3n) is 3.03. The Morgan fingerprint density at radius 3 is 2.53 bits per heavy atom. The number of halogens is 1. The van der Waals surface area contributed by atoms with E-state index in [0.717, 1.165) is 12.1 Å². The van der Waals surface area contributed by atoms with Crippen molar-refractivity contribution in [3.8, 4) is 0 Å². The Bertz CT molecular complexity index is 581. The molecule has 4 heteroatoms. The van der Waals surface area contributed by atoms with Crippen LogP contribution in [0.2, 0.25) is 0 Å². The number of nitrogens with zero attached hydrogens (tertiary/aromatic N) is 2. The summed E-state index contributed by atoms with van der Waals surface area (Å²) in [5.74, 6) is -0.0794. The lowest BCUT2D eigenvalue weighted by Crippen LogP contribution is -2.26. The minimum absolute atomic E-state index is 0.0794. The van der Waals surface area contributed by atoms with Crippen LogP contribution < -0.4 is 4.90 Å².